The fraction of sp³-hybridized carbons (Fsp3) is 0.562. The van der Waals surface area contributed by atoms with E-state index in [1.165, 1.54) is 16.6 Å². The zero-order valence-corrected chi connectivity index (χ0v) is 14.8. The van der Waals surface area contributed by atoms with E-state index in [1.54, 1.807) is 19.1 Å². The number of anilines is 1. The molecule has 1 unspecified atom stereocenters. The van der Waals surface area contributed by atoms with E-state index in [0.29, 0.717) is 30.9 Å². The van der Waals surface area contributed by atoms with Crippen molar-refractivity contribution in [1.82, 2.24) is 9.62 Å². The number of aryl methyl sites for hydroxylation is 1. The molecule has 0 radical (unpaired) electrons. The standard InChI is InChI=1S/C16H24FN3O3S/c1-12-5-6-14(8-15(12)17)19-16(21)10-18-9-13-4-3-7-20(11-13)24(2,22)23/h5-6,8,13,18H,3-4,7,9-11H2,1-2H3,(H,19,21). The summed E-state index contributed by atoms with van der Waals surface area (Å²) in [6, 6.07) is 4.56. The number of carbonyl (C=O) groups is 1. The fourth-order valence-electron chi connectivity index (χ4n) is 2.76. The van der Waals surface area contributed by atoms with Crippen molar-refractivity contribution in [2.75, 3.05) is 37.8 Å². The first-order valence-corrected chi connectivity index (χ1v) is 9.82. The molecule has 1 atom stereocenters. The summed E-state index contributed by atoms with van der Waals surface area (Å²) in [7, 11) is -3.16. The molecule has 0 bridgehead atoms. The summed E-state index contributed by atoms with van der Waals surface area (Å²) in [6.45, 7) is 3.38. The van der Waals surface area contributed by atoms with E-state index in [9.17, 15) is 17.6 Å². The molecular formula is C16H24FN3O3S. The lowest BCUT2D eigenvalue weighted by molar-refractivity contribution is -0.115. The molecule has 1 aliphatic rings. The highest BCUT2D eigenvalue weighted by Crippen LogP contribution is 2.18. The van der Waals surface area contributed by atoms with Crippen molar-refractivity contribution in [3.63, 3.8) is 0 Å². The quantitative estimate of drug-likeness (QED) is 0.805. The van der Waals surface area contributed by atoms with Crippen LogP contribution in [-0.2, 0) is 14.8 Å². The zero-order valence-electron chi connectivity index (χ0n) is 14.0. The maximum atomic E-state index is 13.4. The van der Waals surface area contributed by atoms with Crippen LogP contribution in [0, 0.1) is 18.7 Å². The molecule has 1 saturated heterocycles. The van der Waals surface area contributed by atoms with Gasteiger partial charge in [0.05, 0.1) is 12.8 Å². The maximum absolute atomic E-state index is 13.4. The van der Waals surface area contributed by atoms with Crippen LogP contribution >= 0.6 is 0 Å². The van der Waals surface area contributed by atoms with E-state index in [2.05, 4.69) is 10.6 Å². The molecule has 2 rings (SSSR count). The third-order valence-electron chi connectivity index (χ3n) is 4.12. The van der Waals surface area contributed by atoms with Crippen LogP contribution in [-0.4, -0.2) is 51.1 Å². The molecule has 1 aromatic carbocycles. The highest BCUT2D eigenvalue weighted by atomic mass is 32.2. The van der Waals surface area contributed by atoms with Gasteiger partial charge in [0.2, 0.25) is 15.9 Å². The normalized spacial score (nSPS) is 19.2. The van der Waals surface area contributed by atoms with Crippen molar-refractivity contribution in [1.29, 1.82) is 0 Å². The van der Waals surface area contributed by atoms with Gasteiger partial charge >= 0.3 is 0 Å². The Bertz CT molecular complexity index is 694. The largest absolute Gasteiger partial charge is 0.325 e. The van der Waals surface area contributed by atoms with Crippen molar-refractivity contribution in [2.24, 2.45) is 5.92 Å². The first kappa shape index (κ1) is 18.8. The number of nitrogens with zero attached hydrogens (tertiary/aromatic N) is 1. The molecule has 0 aliphatic carbocycles. The number of rotatable bonds is 6. The number of sulfonamides is 1. The SMILES string of the molecule is Cc1ccc(NC(=O)CNCC2CCCN(S(C)(=O)=O)C2)cc1F. The minimum Gasteiger partial charge on any atom is -0.325 e. The second-order valence-electron chi connectivity index (χ2n) is 6.27. The third kappa shape index (κ3) is 5.54. The highest BCUT2D eigenvalue weighted by molar-refractivity contribution is 7.88. The van der Waals surface area contributed by atoms with Gasteiger partial charge in [-0.25, -0.2) is 17.1 Å². The Morgan fingerprint density at radius 1 is 1.42 bits per heavy atom. The molecule has 0 spiro atoms. The molecule has 0 aromatic heterocycles. The molecule has 6 nitrogen and oxygen atoms in total. The van der Waals surface area contributed by atoms with Crippen LogP contribution in [0.2, 0.25) is 0 Å². The van der Waals surface area contributed by atoms with Gasteiger partial charge in [-0.2, -0.15) is 0 Å². The lowest BCUT2D eigenvalue weighted by atomic mass is 10.00. The summed E-state index contributed by atoms with van der Waals surface area (Å²) in [5.74, 6) is -0.420. The van der Waals surface area contributed by atoms with Crippen LogP contribution in [0.4, 0.5) is 10.1 Å². The molecule has 1 fully saturated rings. The Morgan fingerprint density at radius 2 is 2.17 bits per heavy atom. The molecule has 1 aliphatic heterocycles. The Morgan fingerprint density at radius 3 is 2.83 bits per heavy atom. The van der Waals surface area contributed by atoms with Gasteiger partial charge in [-0.1, -0.05) is 6.07 Å². The summed E-state index contributed by atoms with van der Waals surface area (Å²) in [6.07, 6.45) is 2.98. The van der Waals surface area contributed by atoms with Crippen LogP contribution in [0.1, 0.15) is 18.4 Å². The summed E-state index contributed by atoms with van der Waals surface area (Å²) in [4.78, 5) is 11.9. The second kappa shape index (κ2) is 8.04. The molecule has 2 N–H and O–H groups in total. The monoisotopic (exact) mass is 357 g/mol. The minimum absolute atomic E-state index is 0.102. The van der Waals surface area contributed by atoms with Crippen LogP contribution in [0.15, 0.2) is 18.2 Å². The summed E-state index contributed by atoms with van der Waals surface area (Å²) in [5, 5.41) is 5.68. The van der Waals surface area contributed by atoms with Gasteiger partial charge in [0.1, 0.15) is 5.82 Å². The average Bonchev–Trinajstić information content (AvgIpc) is 2.50. The number of nitrogens with one attached hydrogen (secondary N) is 2. The van der Waals surface area contributed by atoms with Crippen molar-refractivity contribution in [3.8, 4) is 0 Å². The summed E-state index contributed by atoms with van der Waals surface area (Å²) < 4.78 is 38.1. The number of piperidine rings is 1. The van der Waals surface area contributed by atoms with Crippen LogP contribution in [0.5, 0.6) is 0 Å². The fourth-order valence-corrected chi connectivity index (χ4v) is 3.70. The van der Waals surface area contributed by atoms with E-state index >= 15 is 0 Å². The van der Waals surface area contributed by atoms with Gasteiger partial charge in [-0.15, -0.1) is 0 Å². The van der Waals surface area contributed by atoms with Gasteiger partial charge in [-0.05, 0) is 49.9 Å². The first-order valence-electron chi connectivity index (χ1n) is 7.97. The second-order valence-corrected chi connectivity index (χ2v) is 8.25. The molecule has 1 aromatic rings. The molecule has 24 heavy (non-hydrogen) atoms. The number of hydrogen-bond acceptors (Lipinski definition) is 4. The van der Waals surface area contributed by atoms with Crippen LogP contribution in [0.25, 0.3) is 0 Å². The molecule has 134 valence electrons. The lowest BCUT2D eigenvalue weighted by Gasteiger charge is -2.31. The Hall–Kier alpha value is -1.51. The Kier molecular flexibility index (Phi) is 6.31. The molecule has 1 heterocycles. The predicted molar refractivity (Wildman–Crippen MR) is 91.8 cm³/mol. The van der Waals surface area contributed by atoms with E-state index in [4.69, 9.17) is 0 Å². The van der Waals surface area contributed by atoms with E-state index < -0.39 is 10.0 Å². The number of halogens is 1. The Labute approximate surface area is 142 Å². The van der Waals surface area contributed by atoms with Gasteiger partial charge in [0.25, 0.3) is 0 Å². The lowest BCUT2D eigenvalue weighted by Crippen LogP contribution is -2.43. The predicted octanol–water partition coefficient (Wildman–Crippen LogP) is 1.33. The number of benzene rings is 1. The molecule has 1 amide bonds. The van der Waals surface area contributed by atoms with E-state index in [0.717, 1.165) is 12.8 Å². The van der Waals surface area contributed by atoms with Crippen molar-refractivity contribution >= 4 is 21.6 Å². The molecular weight excluding hydrogens is 333 g/mol. The summed E-state index contributed by atoms with van der Waals surface area (Å²) in [5.41, 5.74) is 0.949. The number of amides is 1. The van der Waals surface area contributed by atoms with Gasteiger partial charge in [0, 0.05) is 18.8 Å². The van der Waals surface area contributed by atoms with Gasteiger partial charge < -0.3 is 10.6 Å². The Balaban J connectivity index is 1.75. The summed E-state index contributed by atoms with van der Waals surface area (Å²) >= 11 is 0. The highest BCUT2D eigenvalue weighted by Gasteiger charge is 2.25. The topological polar surface area (TPSA) is 78.5 Å². The van der Waals surface area contributed by atoms with E-state index in [-0.39, 0.29) is 24.2 Å². The van der Waals surface area contributed by atoms with Crippen molar-refractivity contribution < 1.29 is 17.6 Å². The van der Waals surface area contributed by atoms with Gasteiger partial charge in [0.15, 0.2) is 0 Å². The zero-order chi connectivity index (χ0) is 17.7. The third-order valence-corrected chi connectivity index (χ3v) is 5.39. The maximum Gasteiger partial charge on any atom is 0.238 e. The minimum atomic E-state index is -3.16. The first-order chi connectivity index (χ1) is 11.3. The van der Waals surface area contributed by atoms with Crippen molar-refractivity contribution in [2.45, 2.75) is 19.8 Å². The van der Waals surface area contributed by atoms with Crippen LogP contribution in [0.3, 0.4) is 0 Å². The number of carbonyl (C=O) groups excluding carboxylic acids is 1. The van der Waals surface area contributed by atoms with Crippen molar-refractivity contribution in [3.05, 3.63) is 29.6 Å². The van der Waals surface area contributed by atoms with E-state index in [1.807, 2.05) is 0 Å². The average molecular weight is 357 g/mol. The molecule has 0 saturated carbocycles. The number of hydrogen-bond donors (Lipinski definition) is 2. The van der Waals surface area contributed by atoms with Crippen LogP contribution < -0.4 is 10.6 Å². The molecule has 8 heteroatoms. The smallest absolute Gasteiger partial charge is 0.238 e. The van der Waals surface area contributed by atoms with Gasteiger partial charge in [-0.3, -0.25) is 4.79 Å².